The molecular weight excluding hydrogens is 206 g/mol. The highest BCUT2D eigenvalue weighted by Gasteiger charge is 2.44. The number of carboxylic acid groups (broad SMARTS) is 1. The summed E-state index contributed by atoms with van der Waals surface area (Å²) in [6.07, 6.45) is 3.02. The fraction of sp³-hybridized carbons (Fsp3) is 0.917. The van der Waals surface area contributed by atoms with E-state index in [9.17, 15) is 4.79 Å². The summed E-state index contributed by atoms with van der Waals surface area (Å²) in [6.45, 7) is 6.56. The van der Waals surface area contributed by atoms with Crippen LogP contribution in [0.5, 0.6) is 0 Å². The number of nitrogens with zero attached hydrogens (tertiary/aromatic N) is 1. The van der Waals surface area contributed by atoms with Gasteiger partial charge in [-0.2, -0.15) is 0 Å². The van der Waals surface area contributed by atoms with Crippen molar-refractivity contribution in [1.29, 1.82) is 0 Å². The minimum atomic E-state index is -0.657. The van der Waals surface area contributed by atoms with Gasteiger partial charge in [0.1, 0.15) is 0 Å². The van der Waals surface area contributed by atoms with Gasteiger partial charge in [-0.05, 0) is 19.3 Å². The maximum Gasteiger partial charge on any atom is 0.307 e. The molecule has 0 aromatic carbocycles. The maximum atomic E-state index is 10.9. The normalized spacial score (nSPS) is 26.3. The second-order valence-corrected chi connectivity index (χ2v) is 5.23. The highest BCUT2D eigenvalue weighted by atomic mass is 16.5. The van der Waals surface area contributed by atoms with Crippen LogP contribution in [-0.4, -0.2) is 48.8 Å². The zero-order valence-corrected chi connectivity index (χ0v) is 9.95. The number of carboxylic acids is 1. The van der Waals surface area contributed by atoms with Crippen LogP contribution in [0.1, 0.15) is 26.2 Å². The molecule has 1 unspecified atom stereocenters. The predicted molar refractivity (Wildman–Crippen MR) is 60.3 cm³/mol. The summed E-state index contributed by atoms with van der Waals surface area (Å²) in [5.74, 6) is -0.854. The average Bonchev–Trinajstić information content (AvgIpc) is 2.24. The third-order valence-electron chi connectivity index (χ3n) is 3.99. The smallest absolute Gasteiger partial charge is 0.307 e. The van der Waals surface area contributed by atoms with Gasteiger partial charge in [-0.1, -0.05) is 6.92 Å². The molecule has 0 saturated carbocycles. The van der Waals surface area contributed by atoms with Gasteiger partial charge in [0.15, 0.2) is 0 Å². The molecule has 4 heteroatoms. The first-order valence-corrected chi connectivity index (χ1v) is 6.18. The van der Waals surface area contributed by atoms with E-state index in [1.165, 1.54) is 0 Å². The molecule has 0 radical (unpaired) electrons. The molecule has 2 rings (SSSR count). The number of hydrogen-bond donors (Lipinski definition) is 1. The van der Waals surface area contributed by atoms with Crippen LogP contribution >= 0.6 is 0 Å². The first-order chi connectivity index (χ1) is 7.65. The third kappa shape index (κ3) is 2.38. The lowest BCUT2D eigenvalue weighted by Gasteiger charge is -2.52. The van der Waals surface area contributed by atoms with E-state index >= 15 is 0 Å². The lowest BCUT2D eigenvalue weighted by molar-refractivity contribution is -0.145. The van der Waals surface area contributed by atoms with E-state index < -0.39 is 5.97 Å². The third-order valence-corrected chi connectivity index (χ3v) is 3.99. The van der Waals surface area contributed by atoms with Crippen LogP contribution < -0.4 is 0 Å². The van der Waals surface area contributed by atoms with Crippen LogP contribution in [0.15, 0.2) is 0 Å². The van der Waals surface area contributed by atoms with E-state index in [1.807, 2.05) is 6.92 Å². The number of hydrogen-bond acceptors (Lipinski definition) is 3. The van der Waals surface area contributed by atoms with Crippen molar-refractivity contribution >= 4 is 5.97 Å². The van der Waals surface area contributed by atoms with Crippen LogP contribution in [0.25, 0.3) is 0 Å². The largest absolute Gasteiger partial charge is 0.481 e. The molecule has 0 aromatic rings. The van der Waals surface area contributed by atoms with E-state index in [-0.39, 0.29) is 5.92 Å². The van der Waals surface area contributed by atoms with Gasteiger partial charge >= 0.3 is 5.97 Å². The van der Waals surface area contributed by atoms with E-state index in [0.29, 0.717) is 12.0 Å². The Morgan fingerprint density at radius 3 is 2.56 bits per heavy atom. The van der Waals surface area contributed by atoms with Crippen molar-refractivity contribution in [3.05, 3.63) is 0 Å². The monoisotopic (exact) mass is 227 g/mol. The summed E-state index contributed by atoms with van der Waals surface area (Å²) in [6, 6.07) is 0. The number of carbonyl (C=O) groups is 1. The Hall–Kier alpha value is -0.610. The van der Waals surface area contributed by atoms with Crippen molar-refractivity contribution in [2.75, 3.05) is 32.8 Å². The number of likely N-dealkylation sites (tertiary alicyclic amines) is 1. The molecule has 0 bridgehead atoms. The van der Waals surface area contributed by atoms with Crippen LogP contribution in [0, 0.1) is 11.3 Å². The summed E-state index contributed by atoms with van der Waals surface area (Å²) in [4.78, 5) is 13.2. The fourth-order valence-corrected chi connectivity index (χ4v) is 2.85. The van der Waals surface area contributed by atoms with E-state index in [0.717, 1.165) is 45.6 Å². The Morgan fingerprint density at radius 2 is 2.06 bits per heavy atom. The average molecular weight is 227 g/mol. The van der Waals surface area contributed by atoms with Crippen LogP contribution in [0.3, 0.4) is 0 Å². The molecule has 2 aliphatic heterocycles. The Kier molecular flexibility index (Phi) is 3.50. The quantitative estimate of drug-likeness (QED) is 0.784. The van der Waals surface area contributed by atoms with Gasteiger partial charge in [0.05, 0.1) is 5.92 Å². The van der Waals surface area contributed by atoms with Gasteiger partial charge in [-0.25, -0.2) is 0 Å². The molecule has 1 atom stereocenters. The van der Waals surface area contributed by atoms with Crippen molar-refractivity contribution in [2.45, 2.75) is 26.2 Å². The summed E-state index contributed by atoms with van der Waals surface area (Å²) >= 11 is 0. The molecule has 2 aliphatic rings. The van der Waals surface area contributed by atoms with E-state index in [4.69, 9.17) is 9.84 Å². The van der Waals surface area contributed by atoms with Crippen molar-refractivity contribution in [3.63, 3.8) is 0 Å². The molecule has 16 heavy (non-hydrogen) atoms. The summed E-state index contributed by atoms with van der Waals surface area (Å²) in [5.41, 5.74) is 0.453. The first kappa shape index (κ1) is 11.9. The molecule has 4 nitrogen and oxygen atoms in total. The number of rotatable bonds is 4. The molecule has 1 N–H and O–H groups in total. The van der Waals surface area contributed by atoms with Crippen LogP contribution in [-0.2, 0) is 9.53 Å². The second-order valence-electron chi connectivity index (χ2n) is 5.23. The highest BCUT2D eigenvalue weighted by Crippen LogP contribution is 2.40. The van der Waals surface area contributed by atoms with E-state index in [1.54, 1.807) is 0 Å². The SMILES string of the molecule is CCC(CN1CC2(CCOCC2)C1)C(=O)O. The molecule has 0 aliphatic carbocycles. The minimum Gasteiger partial charge on any atom is -0.481 e. The first-order valence-electron chi connectivity index (χ1n) is 6.18. The lowest BCUT2D eigenvalue weighted by atomic mass is 9.73. The van der Waals surface area contributed by atoms with Crippen molar-refractivity contribution in [2.24, 2.45) is 11.3 Å². The molecule has 2 heterocycles. The van der Waals surface area contributed by atoms with Crippen molar-refractivity contribution in [1.82, 2.24) is 4.90 Å². The minimum absolute atomic E-state index is 0.197. The van der Waals surface area contributed by atoms with Crippen molar-refractivity contribution in [3.8, 4) is 0 Å². The van der Waals surface area contributed by atoms with Gasteiger partial charge in [-0.3, -0.25) is 4.79 Å². The number of aliphatic carboxylic acids is 1. The van der Waals surface area contributed by atoms with Crippen LogP contribution in [0.4, 0.5) is 0 Å². The molecule has 92 valence electrons. The van der Waals surface area contributed by atoms with Gasteiger partial charge in [0.2, 0.25) is 0 Å². The fourth-order valence-electron chi connectivity index (χ4n) is 2.85. The zero-order chi connectivity index (χ0) is 11.6. The maximum absolute atomic E-state index is 10.9. The molecular formula is C12H21NO3. The second kappa shape index (κ2) is 4.72. The summed E-state index contributed by atoms with van der Waals surface area (Å²) in [7, 11) is 0. The Bertz CT molecular complexity index is 253. The highest BCUT2D eigenvalue weighted by molar-refractivity contribution is 5.70. The Labute approximate surface area is 96.6 Å². The lowest BCUT2D eigenvalue weighted by Crippen LogP contribution is -2.59. The van der Waals surface area contributed by atoms with Crippen molar-refractivity contribution < 1.29 is 14.6 Å². The molecule has 1 spiro atoms. The molecule has 0 amide bonds. The van der Waals surface area contributed by atoms with Gasteiger partial charge < -0.3 is 14.7 Å². The molecule has 0 aromatic heterocycles. The van der Waals surface area contributed by atoms with Gasteiger partial charge in [0, 0.05) is 38.3 Å². The zero-order valence-electron chi connectivity index (χ0n) is 9.95. The van der Waals surface area contributed by atoms with Gasteiger partial charge in [-0.15, -0.1) is 0 Å². The Morgan fingerprint density at radius 1 is 1.44 bits per heavy atom. The van der Waals surface area contributed by atoms with E-state index in [2.05, 4.69) is 4.90 Å². The summed E-state index contributed by atoms with van der Waals surface area (Å²) < 4.78 is 5.36. The molecule has 2 saturated heterocycles. The summed E-state index contributed by atoms with van der Waals surface area (Å²) in [5, 5.41) is 9.00. The molecule has 2 fully saturated rings. The predicted octanol–water partition coefficient (Wildman–Crippen LogP) is 1.21. The topological polar surface area (TPSA) is 49.8 Å². The standard InChI is InChI=1S/C12H21NO3/c1-2-10(11(14)15)7-13-8-12(9-13)3-5-16-6-4-12/h10H,2-9H2,1H3,(H,14,15). The number of ether oxygens (including phenoxy) is 1. The Balaban J connectivity index is 1.77. The van der Waals surface area contributed by atoms with Crippen LogP contribution in [0.2, 0.25) is 0 Å². The van der Waals surface area contributed by atoms with Gasteiger partial charge in [0.25, 0.3) is 0 Å².